The Morgan fingerprint density at radius 3 is 2.10 bits per heavy atom. The summed E-state index contributed by atoms with van der Waals surface area (Å²) in [7, 11) is 1.30. The first-order valence-electron chi connectivity index (χ1n) is 8.02. The van der Waals surface area contributed by atoms with Crippen molar-refractivity contribution in [3.8, 4) is 5.82 Å². The van der Waals surface area contributed by atoms with Crippen LogP contribution in [0.5, 0.6) is 0 Å². The molecule has 5 nitrogen and oxygen atoms in total. The molecule has 3 rings (SSSR count). The Morgan fingerprint density at radius 1 is 0.931 bits per heavy atom. The van der Waals surface area contributed by atoms with Crippen molar-refractivity contribution < 1.29 is 31.1 Å². The molecule has 1 aromatic carbocycles. The summed E-state index contributed by atoms with van der Waals surface area (Å²) in [5.74, 6) is -1.49. The van der Waals surface area contributed by atoms with Gasteiger partial charge in [0.15, 0.2) is 11.5 Å². The van der Waals surface area contributed by atoms with Gasteiger partial charge in [-0.1, -0.05) is 18.2 Å². The van der Waals surface area contributed by atoms with E-state index in [0.717, 1.165) is 11.0 Å². The Bertz CT molecular complexity index is 1010. The van der Waals surface area contributed by atoms with Crippen LogP contribution in [0.25, 0.3) is 5.82 Å². The predicted molar refractivity (Wildman–Crippen MR) is 90.5 cm³/mol. The van der Waals surface area contributed by atoms with E-state index in [1.54, 1.807) is 18.2 Å². The highest BCUT2D eigenvalue weighted by atomic mass is 19.4. The molecule has 0 unspecified atom stereocenters. The topological polar surface area (TPSA) is 51.0 Å². The van der Waals surface area contributed by atoms with Crippen LogP contribution in [0.15, 0.2) is 54.9 Å². The van der Waals surface area contributed by atoms with Crippen LogP contribution in [0, 0.1) is 0 Å². The number of para-hydroxylation sites is 1. The fraction of sp³-hybridized carbons (Fsp3) is 0.167. The van der Waals surface area contributed by atoms with E-state index in [1.807, 2.05) is 0 Å². The molecule has 0 bridgehead atoms. The molecule has 0 atom stereocenters. The third-order valence-electron chi connectivity index (χ3n) is 4.01. The maximum absolute atomic E-state index is 13.7. The van der Waals surface area contributed by atoms with Gasteiger partial charge in [-0.05, 0) is 24.3 Å². The zero-order valence-corrected chi connectivity index (χ0v) is 14.7. The van der Waals surface area contributed by atoms with Crippen LogP contribution in [-0.2, 0) is 12.4 Å². The molecule has 0 saturated heterocycles. The molecule has 0 aliphatic carbocycles. The van der Waals surface area contributed by atoms with E-state index in [9.17, 15) is 31.1 Å². The Balaban J connectivity index is 2.05. The van der Waals surface area contributed by atoms with Crippen LogP contribution in [0.2, 0.25) is 0 Å². The van der Waals surface area contributed by atoms with E-state index >= 15 is 0 Å². The number of halogens is 6. The van der Waals surface area contributed by atoms with Crippen LogP contribution >= 0.6 is 0 Å². The number of carbonyl (C=O) groups is 1. The van der Waals surface area contributed by atoms with Gasteiger partial charge in [0, 0.05) is 18.9 Å². The summed E-state index contributed by atoms with van der Waals surface area (Å²) in [6.45, 7) is 0. The van der Waals surface area contributed by atoms with E-state index < -0.39 is 40.9 Å². The van der Waals surface area contributed by atoms with Gasteiger partial charge >= 0.3 is 12.4 Å². The lowest BCUT2D eigenvalue weighted by Crippen LogP contribution is -2.29. The minimum absolute atomic E-state index is 0.298. The van der Waals surface area contributed by atoms with Gasteiger partial charge in [0.1, 0.15) is 0 Å². The van der Waals surface area contributed by atoms with Crippen molar-refractivity contribution >= 4 is 11.6 Å². The molecular formula is C18H12F6N4O. The van der Waals surface area contributed by atoms with Crippen molar-refractivity contribution in [1.29, 1.82) is 0 Å². The first-order chi connectivity index (χ1) is 13.5. The number of anilines is 1. The molecule has 152 valence electrons. The van der Waals surface area contributed by atoms with E-state index in [2.05, 4.69) is 10.1 Å². The van der Waals surface area contributed by atoms with Crippen LogP contribution < -0.4 is 4.90 Å². The average Bonchev–Trinajstić information content (AvgIpc) is 3.12. The predicted octanol–water partition coefficient (Wildman–Crippen LogP) is 4.58. The lowest BCUT2D eigenvalue weighted by Gasteiger charge is -2.18. The van der Waals surface area contributed by atoms with Crippen molar-refractivity contribution in [2.24, 2.45) is 0 Å². The molecule has 0 radical (unpaired) electrons. The van der Waals surface area contributed by atoms with Crippen LogP contribution in [0.4, 0.5) is 32.0 Å². The molecule has 0 fully saturated rings. The van der Waals surface area contributed by atoms with Gasteiger partial charge in [0.05, 0.1) is 17.3 Å². The standard InChI is InChI=1S/C18H12F6N4O/c1-27(12-5-3-2-4-6-12)16(29)13-10-26-28(15(13)18(22,23)24)14-8-7-11(9-25-14)17(19,20)21/h2-10H,1H3. The quantitative estimate of drug-likeness (QED) is 0.590. The Labute approximate surface area is 160 Å². The molecule has 0 aliphatic heterocycles. The Morgan fingerprint density at radius 2 is 1.59 bits per heavy atom. The summed E-state index contributed by atoms with van der Waals surface area (Å²) >= 11 is 0. The Hall–Kier alpha value is -3.37. The first-order valence-corrected chi connectivity index (χ1v) is 8.02. The van der Waals surface area contributed by atoms with E-state index in [-0.39, 0.29) is 0 Å². The van der Waals surface area contributed by atoms with Crippen molar-refractivity contribution in [3.63, 3.8) is 0 Å². The fourth-order valence-corrected chi connectivity index (χ4v) is 2.58. The van der Waals surface area contributed by atoms with E-state index in [0.29, 0.717) is 28.8 Å². The molecule has 0 N–H and O–H groups in total. The molecular weight excluding hydrogens is 402 g/mol. The van der Waals surface area contributed by atoms with Gasteiger partial charge in [0.2, 0.25) is 0 Å². The molecule has 29 heavy (non-hydrogen) atoms. The molecule has 11 heteroatoms. The van der Waals surface area contributed by atoms with Crippen LogP contribution in [0.1, 0.15) is 21.6 Å². The van der Waals surface area contributed by atoms with E-state index in [1.165, 1.54) is 19.2 Å². The number of hydrogen-bond donors (Lipinski definition) is 0. The number of pyridine rings is 1. The third kappa shape index (κ3) is 4.08. The van der Waals surface area contributed by atoms with Crippen molar-refractivity contribution in [3.05, 3.63) is 71.7 Å². The first kappa shape index (κ1) is 20.4. The summed E-state index contributed by atoms with van der Waals surface area (Å²) in [4.78, 5) is 17.1. The lowest BCUT2D eigenvalue weighted by atomic mass is 10.2. The van der Waals surface area contributed by atoms with Gasteiger partial charge in [0.25, 0.3) is 5.91 Å². The zero-order chi connectivity index (χ0) is 21.4. The van der Waals surface area contributed by atoms with E-state index in [4.69, 9.17) is 0 Å². The van der Waals surface area contributed by atoms with Gasteiger partial charge in [-0.3, -0.25) is 4.79 Å². The summed E-state index contributed by atoms with van der Waals surface area (Å²) in [5.41, 5.74) is -2.96. The minimum atomic E-state index is -5.01. The van der Waals surface area contributed by atoms with Crippen LogP contribution in [-0.4, -0.2) is 27.7 Å². The number of nitrogens with zero attached hydrogens (tertiary/aromatic N) is 4. The zero-order valence-electron chi connectivity index (χ0n) is 14.7. The summed E-state index contributed by atoms with van der Waals surface area (Å²) < 4.78 is 79.3. The molecule has 1 amide bonds. The summed E-state index contributed by atoms with van der Waals surface area (Å²) in [6, 6.07) is 9.30. The number of carbonyl (C=O) groups excluding carboxylic acids is 1. The molecule has 2 aromatic heterocycles. The maximum atomic E-state index is 13.7. The largest absolute Gasteiger partial charge is 0.434 e. The number of hydrogen-bond acceptors (Lipinski definition) is 3. The van der Waals surface area contributed by atoms with Crippen molar-refractivity contribution in [2.45, 2.75) is 12.4 Å². The molecule has 3 aromatic rings. The smallest absolute Gasteiger partial charge is 0.311 e. The minimum Gasteiger partial charge on any atom is -0.311 e. The summed E-state index contributed by atoms with van der Waals surface area (Å²) in [5, 5.41) is 3.55. The highest BCUT2D eigenvalue weighted by molar-refractivity contribution is 6.06. The number of amides is 1. The van der Waals surface area contributed by atoms with Crippen LogP contribution in [0.3, 0.4) is 0 Å². The fourth-order valence-electron chi connectivity index (χ4n) is 2.58. The van der Waals surface area contributed by atoms with Crippen molar-refractivity contribution in [1.82, 2.24) is 14.8 Å². The normalized spacial score (nSPS) is 12.1. The lowest BCUT2D eigenvalue weighted by molar-refractivity contribution is -0.143. The molecule has 0 spiro atoms. The monoisotopic (exact) mass is 414 g/mol. The maximum Gasteiger partial charge on any atom is 0.434 e. The SMILES string of the molecule is CN(C(=O)c1cnn(-c2ccc(C(F)(F)F)cn2)c1C(F)(F)F)c1ccccc1. The van der Waals surface area contributed by atoms with Gasteiger partial charge < -0.3 is 4.90 Å². The molecule has 0 aliphatic rings. The van der Waals surface area contributed by atoms with Gasteiger partial charge in [-0.15, -0.1) is 0 Å². The number of alkyl halides is 6. The number of rotatable bonds is 3. The average molecular weight is 414 g/mol. The number of aromatic nitrogens is 3. The van der Waals surface area contributed by atoms with Gasteiger partial charge in [-0.2, -0.15) is 31.4 Å². The molecule has 0 saturated carbocycles. The Kier molecular flexibility index (Phi) is 5.07. The highest BCUT2D eigenvalue weighted by Gasteiger charge is 2.41. The highest BCUT2D eigenvalue weighted by Crippen LogP contribution is 2.35. The second-order valence-corrected chi connectivity index (χ2v) is 5.92. The molecule has 2 heterocycles. The second-order valence-electron chi connectivity index (χ2n) is 5.92. The third-order valence-corrected chi connectivity index (χ3v) is 4.01. The van der Waals surface area contributed by atoms with Crippen molar-refractivity contribution in [2.75, 3.05) is 11.9 Å². The summed E-state index contributed by atoms with van der Waals surface area (Å²) in [6.07, 6.45) is -8.59. The second kappa shape index (κ2) is 7.22. The number of benzene rings is 1. The van der Waals surface area contributed by atoms with Gasteiger partial charge in [-0.25, -0.2) is 9.67 Å².